The van der Waals surface area contributed by atoms with Gasteiger partial charge in [0.1, 0.15) is 17.4 Å². The fourth-order valence-corrected chi connectivity index (χ4v) is 4.41. The van der Waals surface area contributed by atoms with Crippen LogP contribution in [0.25, 0.3) is 0 Å². The number of aryl methyl sites for hydroxylation is 1. The molecule has 1 amide bonds. The Morgan fingerprint density at radius 1 is 1.21 bits per heavy atom. The van der Waals surface area contributed by atoms with Crippen molar-refractivity contribution < 1.29 is 13.9 Å². The maximum Gasteiger partial charge on any atom is 0.215 e. The fourth-order valence-electron chi connectivity index (χ4n) is 3.35. The van der Waals surface area contributed by atoms with Gasteiger partial charge in [0.2, 0.25) is 6.41 Å². The highest BCUT2D eigenvalue weighted by Gasteiger charge is 2.39. The number of hydrogen-bond acceptors (Lipinski definition) is 5. The fraction of sp³-hybridized carbons (Fsp3) is 0.370. The van der Waals surface area contributed by atoms with Gasteiger partial charge in [-0.3, -0.25) is 4.79 Å². The van der Waals surface area contributed by atoms with Gasteiger partial charge in [-0.2, -0.15) is 0 Å². The minimum atomic E-state index is -0.369. The average Bonchev–Trinajstić information content (AvgIpc) is 3.62. The number of nitrogens with one attached hydrogen (secondary N) is 2. The summed E-state index contributed by atoms with van der Waals surface area (Å²) in [6.45, 7) is 9.80. The molecule has 5 nitrogen and oxygen atoms in total. The third kappa shape index (κ3) is 7.55. The van der Waals surface area contributed by atoms with Crippen molar-refractivity contribution in [3.63, 3.8) is 0 Å². The highest BCUT2D eigenvalue weighted by atomic mass is 32.2. The number of rotatable bonds is 10. The largest absolute Gasteiger partial charge is 0.497 e. The van der Waals surface area contributed by atoms with Gasteiger partial charge < -0.3 is 19.7 Å². The summed E-state index contributed by atoms with van der Waals surface area (Å²) < 4.78 is 23.2. The number of nitrogens with zero attached hydrogens (tertiary/aromatic N) is 1. The summed E-state index contributed by atoms with van der Waals surface area (Å²) in [7, 11) is 3.31. The Bertz CT molecular complexity index is 1030. The molecule has 0 bridgehead atoms. The molecule has 1 saturated carbocycles. The molecular weight excluding hydrogens is 449 g/mol. The highest BCUT2D eigenvalue weighted by molar-refractivity contribution is 7.98. The third-order valence-corrected chi connectivity index (χ3v) is 6.31. The van der Waals surface area contributed by atoms with Crippen molar-refractivity contribution in [2.45, 2.75) is 52.2 Å². The molecule has 184 valence electrons. The molecule has 0 heterocycles. The summed E-state index contributed by atoms with van der Waals surface area (Å²) in [5.41, 5.74) is 4.16. The quantitative estimate of drug-likeness (QED) is 0.226. The van der Waals surface area contributed by atoms with E-state index in [2.05, 4.69) is 22.2 Å². The first-order chi connectivity index (χ1) is 16.3. The Balaban J connectivity index is 0.00000199. The van der Waals surface area contributed by atoms with Crippen LogP contribution in [0.15, 0.2) is 65.6 Å². The predicted molar refractivity (Wildman–Crippen MR) is 141 cm³/mol. The van der Waals surface area contributed by atoms with E-state index in [9.17, 15) is 9.18 Å². The molecule has 0 aromatic heterocycles. The van der Waals surface area contributed by atoms with Gasteiger partial charge in [0, 0.05) is 12.3 Å². The lowest BCUT2D eigenvalue weighted by molar-refractivity contribution is -0.115. The minimum absolute atomic E-state index is 0.312. The zero-order valence-corrected chi connectivity index (χ0v) is 21.9. The number of halogens is 1. The van der Waals surface area contributed by atoms with E-state index in [4.69, 9.17) is 4.74 Å². The molecule has 0 spiro atoms. The maximum atomic E-state index is 14.5. The first kappa shape index (κ1) is 27.3. The molecule has 2 aromatic rings. The van der Waals surface area contributed by atoms with Crippen LogP contribution in [0.1, 0.15) is 51.2 Å². The molecule has 2 aromatic carbocycles. The summed E-state index contributed by atoms with van der Waals surface area (Å²) in [5, 5.41) is 3.49. The van der Waals surface area contributed by atoms with Gasteiger partial charge in [-0.05, 0) is 86.5 Å². The van der Waals surface area contributed by atoms with E-state index in [1.54, 1.807) is 32.2 Å². The standard InChI is InChI=1S/C25H30FN3O2S.C2H6/c1-16(2)11-23(25(29(4)15-30)27-22-10-9-17(3)12-21(22)26)28-32-24-14-20(24)18-7-6-8-19(13-18)31-5;1-2/h6-13,15,20,24,27-28H,14H2,1-5H3;1-2H3/b25-23+;. The topological polar surface area (TPSA) is 53.6 Å². The van der Waals surface area contributed by atoms with Crippen LogP contribution >= 0.6 is 11.9 Å². The number of amides is 1. The zero-order valence-electron chi connectivity index (χ0n) is 21.1. The summed E-state index contributed by atoms with van der Waals surface area (Å²) in [6, 6.07) is 13.1. The molecule has 2 atom stereocenters. The Morgan fingerprint density at radius 2 is 1.94 bits per heavy atom. The van der Waals surface area contributed by atoms with Gasteiger partial charge in [-0.25, -0.2) is 4.39 Å². The Morgan fingerprint density at radius 3 is 2.56 bits per heavy atom. The number of hydrogen-bond donors (Lipinski definition) is 2. The second-order valence-electron chi connectivity index (χ2n) is 8.19. The molecule has 0 aliphatic heterocycles. The molecule has 2 N–H and O–H groups in total. The lowest BCUT2D eigenvalue weighted by atomic mass is 10.1. The van der Waals surface area contributed by atoms with Crippen LogP contribution in [0.2, 0.25) is 0 Å². The Labute approximate surface area is 207 Å². The van der Waals surface area contributed by atoms with Crippen molar-refractivity contribution in [2.24, 2.45) is 0 Å². The predicted octanol–water partition coefficient (Wildman–Crippen LogP) is 6.60. The summed E-state index contributed by atoms with van der Waals surface area (Å²) in [6.07, 6.45) is 3.70. The number of carbonyl (C=O) groups excluding carboxylic acids is 1. The van der Waals surface area contributed by atoms with Crippen molar-refractivity contribution in [2.75, 3.05) is 19.5 Å². The number of benzene rings is 2. The second-order valence-corrected chi connectivity index (χ2v) is 9.23. The normalized spacial score (nSPS) is 16.8. The van der Waals surface area contributed by atoms with E-state index < -0.39 is 0 Å². The van der Waals surface area contributed by atoms with Crippen LogP contribution < -0.4 is 14.8 Å². The molecule has 7 heteroatoms. The molecule has 1 fully saturated rings. The van der Waals surface area contributed by atoms with Crippen LogP contribution in [0.5, 0.6) is 5.75 Å². The maximum absolute atomic E-state index is 14.5. The third-order valence-electron chi connectivity index (χ3n) is 5.15. The second kappa shape index (κ2) is 13.1. The summed E-state index contributed by atoms with van der Waals surface area (Å²) in [4.78, 5) is 13.0. The van der Waals surface area contributed by atoms with Crippen molar-refractivity contribution in [3.8, 4) is 5.75 Å². The van der Waals surface area contributed by atoms with Crippen molar-refractivity contribution in [1.82, 2.24) is 9.62 Å². The number of carbonyl (C=O) groups is 1. The number of methoxy groups -OCH3 is 1. The smallest absolute Gasteiger partial charge is 0.215 e. The van der Waals surface area contributed by atoms with Gasteiger partial charge in [0.15, 0.2) is 0 Å². The lowest BCUT2D eigenvalue weighted by Gasteiger charge is -2.22. The highest BCUT2D eigenvalue weighted by Crippen LogP contribution is 2.49. The van der Waals surface area contributed by atoms with Crippen molar-refractivity contribution in [1.29, 1.82) is 0 Å². The first-order valence-corrected chi connectivity index (χ1v) is 12.4. The molecular formula is C27H36FN3O2S. The molecule has 0 radical (unpaired) electrons. The van der Waals surface area contributed by atoms with Crippen LogP contribution in [-0.4, -0.2) is 30.7 Å². The van der Waals surface area contributed by atoms with E-state index >= 15 is 0 Å². The number of anilines is 1. The molecule has 0 saturated heterocycles. The van der Waals surface area contributed by atoms with Gasteiger partial charge in [0.05, 0.1) is 18.5 Å². The van der Waals surface area contributed by atoms with Gasteiger partial charge in [-0.15, -0.1) is 0 Å². The van der Waals surface area contributed by atoms with Crippen LogP contribution in [0.4, 0.5) is 10.1 Å². The van der Waals surface area contributed by atoms with E-state index in [0.29, 0.717) is 34.8 Å². The van der Waals surface area contributed by atoms with Crippen LogP contribution in [0, 0.1) is 12.7 Å². The van der Waals surface area contributed by atoms with Gasteiger partial charge >= 0.3 is 0 Å². The first-order valence-electron chi connectivity index (χ1n) is 11.5. The van der Waals surface area contributed by atoms with Gasteiger partial charge in [0.25, 0.3) is 0 Å². The van der Waals surface area contributed by atoms with Crippen molar-refractivity contribution in [3.05, 3.63) is 82.6 Å². The zero-order chi connectivity index (χ0) is 25.3. The van der Waals surface area contributed by atoms with E-state index in [-0.39, 0.29) is 5.82 Å². The summed E-state index contributed by atoms with van der Waals surface area (Å²) >= 11 is 1.61. The van der Waals surface area contributed by atoms with Crippen molar-refractivity contribution >= 4 is 24.0 Å². The van der Waals surface area contributed by atoms with Gasteiger partial charge in [-0.1, -0.05) is 37.6 Å². The minimum Gasteiger partial charge on any atom is -0.497 e. The monoisotopic (exact) mass is 485 g/mol. The van der Waals surface area contributed by atoms with E-state index in [1.165, 1.54) is 16.5 Å². The molecule has 2 unspecified atom stereocenters. The molecule has 1 aliphatic carbocycles. The lowest BCUT2D eigenvalue weighted by Crippen LogP contribution is -2.26. The van der Waals surface area contributed by atoms with E-state index in [0.717, 1.165) is 23.3 Å². The molecule has 34 heavy (non-hydrogen) atoms. The molecule has 1 aliphatic rings. The number of allylic oxidation sites excluding steroid dienone is 2. The Hall–Kier alpha value is -2.93. The Kier molecular flexibility index (Phi) is 10.5. The average molecular weight is 486 g/mol. The SMILES string of the molecule is CC.COc1cccc(C2CC2SN/C(C=C(C)C)=C(\Nc2ccc(C)cc2F)N(C)C=O)c1. The van der Waals surface area contributed by atoms with Crippen LogP contribution in [0.3, 0.4) is 0 Å². The molecule has 3 rings (SSSR count). The summed E-state index contributed by atoms with van der Waals surface area (Å²) in [5.74, 6) is 1.40. The van der Waals surface area contributed by atoms with E-state index in [1.807, 2.05) is 58.9 Å². The number of ether oxygens (including phenoxy) is 1. The van der Waals surface area contributed by atoms with Crippen LogP contribution in [-0.2, 0) is 4.79 Å².